The first-order valence-corrected chi connectivity index (χ1v) is 35.7. The Labute approximate surface area is 585 Å². The number of hydrogen-bond acceptors (Lipinski definition) is 22. The van der Waals surface area contributed by atoms with E-state index >= 15 is 4.79 Å². The van der Waals surface area contributed by atoms with Gasteiger partial charge in [-0.25, -0.2) is 4.79 Å². The number of carbonyl (C=O) groups is 4. The van der Waals surface area contributed by atoms with E-state index in [0.29, 0.717) is 85.7 Å². The van der Waals surface area contributed by atoms with Crippen LogP contribution in [0.3, 0.4) is 0 Å². The molecular formula is C74H97N3O22S. The number of esters is 1. The van der Waals surface area contributed by atoms with Crippen LogP contribution in [0.5, 0.6) is 5.75 Å². The fraction of sp³-hybridized carbons (Fsp3) is 0.649. The average Bonchev–Trinajstić information content (AvgIpc) is 0.672. The summed E-state index contributed by atoms with van der Waals surface area (Å²) in [6, 6.07) is 12.0. The number of ether oxygens (including phenoxy) is 6. The molecule has 3 saturated heterocycles. The Morgan fingerprint density at radius 2 is 1.53 bits per heavy atom. The maximum atomic E-state index is 15.8. The number of phenolic OH excluding ortho intramolecular Hbond substituents is 1. The molecule has 4 heterocycles. The van der Waals surface area contributed by atoms with Crippen LogP contribution in [0.15, 0.2) is 75.5 Å². The second-order valence-electron chi connectivity index (χ2n) is 30.8. The van der Waals surface area contributed by atoms with Gasteiger partial charge in [-0.2, -0.15) is 0 Å². The van der Waals surface area contributed by atoms with Crippen LogP contribution >= 0.6 is 12.2 Å². The highest BCUT2D eigenvalue weighted by Gasteiger charge is 2.72. The minimum absolute atomic E-state index is 0.0449. The highest BCUT2D eigenvalue weighted by Crippen LogP contribution is 2.75. The summed E-state index contributed by atoms with van der Waals surface area (Å²) in [5.74, 6) is -3.72. The predicted molar refractivity (Wildman–Crippen MR) is 365 cm³/mol. The van der Waals surface area contributed by atoms with Crippen LogP contribution in [0.1, 0.15) is 142 Å². The van der Waals surface area contributed by atoms with Gasteiger partial charge in [-0.05, 0) is 172 Å². The number of allylic oxidation sites excluding steroid dienone is 2. The van der Waals surface area contributed by atoms with E-state index in [2.05, 4.69) is 49.7 Å². The predicted octanol–water partition coefficient (Wildman–Crippen LogP) is 5.80. The summed E-state index contributed by atoms with van der Waals surface area (Å²) >= 11 is 5.59. The van der Waals surface area contributed by atoms with E-state index in [1.807, 2.05) is 6.92 Å². The van der Waals surface area contributed by atoms with Crippen molar-refractivity contribution in [2.45, 2.75) is 224 Å². The molecule has 12 rings (SSSR count). The van der Waals surface area contributed by atoms with Gasteiger partial charge in [0.1, 0.15) is 65.4 Å². The third-order valence-electron chi connectivity index (χ3n) is 25.1. The third-order valence-corrected chi connectivity index (χ3v) is 25.4. The Morgan fingerprint density at radius 3 is 2.27 bits per heavy atom. The van der Waals surface area contributed by atoms with E-state index in [-0.39, 0.29) is 87.7 Å². The number of nitrogens with one attached hydrogen (secondary N) is 3. The molecule has 10 aliphatic rings. The van der Waals surface area contributed by atoms with Gasteiger partial charge in [-0.1, -0.05) is 65.7 Å². The number of hydrogen-bond donors (Lipinski definition) is 13. The van der Waals surface area contributed by atoms with Crippen LogP contribution in [0.4, 0.5) is 5.69 Å². The van der Waals surface area contributed by atoms with Gasteiger partial charge in [-0.15, -0.1) is 0 Å². The molecule has 4 aliphatic heterocycles. The summed E-state index contributed by atoms with van der Waals surface area (Å²) in [7, 11) is 0. The Balaban J connectivity index is 0.730. The molecule has 25 atom stereocenters. The number of carboxylic acids is 1. The van der Waals surface area contributed by atoms with E-state index in [0.717, 1.165) is 24.7 Å². The maximum absolute atomic E-state index is 15.8. The number of thiocarbonyl (C=S) groups is 1. The molecule has 7 fully saturated rings. The number of amides is 1. The number of unbranched alkanes of at least 4 members (excludes halogenated alkanes) is 2. The number of aldehydes is 1. The van der Waals surface area contributed by atoms with Gasteiger partial charge < -0.3 is 105 Å². The van der Waals surface area contributed by atoms with Gasteiger partial charge in [-0.3, -0.25) is 14.4 Å². The van der Waals surface area contributed by atoms with Crippen LogP contribution in [0, 0.1) is 56.7 Å². The fourth-order valence-electron chi connectivity index (χ4n) is 19.3. The molecule has 2 aromatic rings. The number of carbonyl (C=O) groups excluding carboxylic acids is 3. The summed E-state index contributed by atoms with van der Waals surface area (Å²) in [5, 5.41) is 122. The molecule has 546 valence electrons. The van der Waals surface area contributed by atoms with Gasteiger partial charge in [0.15, 0.2) is 29.2 Å². The lowest BCUT2D eigenvalue weighted by atomic mass is 9.33. The van der Waals surface area contributed by atoms with Crippen molar-refractivity contribution in [3.63, 3.8) is 0 Å². The summed E-state index contributed by atoms with van der Waals surface area (Å²) < 4.78 is 43.4. The zero-order valence-electron chi connectivity index (χ0n) is 57.5. The van der Waals surface area contributed by atoms with Crippen molar-refractivity contribution < 1.29 is 103 Å². The molecule has 26 heteroatoms. The van der Waals surface area contributed by atoms with Crippen molar-refractivity contribution in [3.05, 3.63) is 82.0 Å². The van der Waals surface area contributed by atoms with Crippen molar-refractivity contribution >= 4 is 58.1 Å². The van der Waals surface area contributed by atoms with Crippen molar-refractivity contribution in [2.24, 2.45) is 56.7 Å². The molecule has 0 bridgehead atoms. The van der Waals surface area contributed by atoms with Crippen LogP contribution in [-0.2, 0) is 42.8 Å². The third kappa shape index (κ3) is 12.9. The fourth-order valence-corrected chi connectivity index (χ4v) is 19.5. The Kier molecular flexibility index (Phi) is 21.0. The van der Waals surface area contributed by atoms with Crippen molar-refractivity contribution in [2.75, 3.05) is 25.1 Å². The number of aliphatic hydroxyl groups excluding tert-OH is 8. The van der Waals surface area contributed by atoms with E-state index in [1.165, 1.54) is 30.3 Å². The quantitative estimate of drug-likeness (QED) is 0.0140. The Hall–Kier alpha value is -6.08. The second-order valence-corrected chi connectivity index (χ2v) is 31.2. The SMILES string of the molecule is CC1C(O)C(O[C@@H]2OC[C@@H](O)C(O)C2O)[C@@H](C)O[C@H]1OC1C(O)C(NC(=O)CCCCCNC(=S)Nc2ccc(-c3c4ccc(=O)cc-4oc4cc(O)ccc34)c(C(=O)O)c2)[C@@H](CO)O[C@H]1OC(=O)C12CC[C@@H](C)CC1C1=CCC3C4(C)CCC(O)C(C)(C=O)[C@@H]4CC[C@@]3(C)[C@]1(C)C[C@H]2O. The molecule has 0 spiro atoms. The highest BCUT2D eigenvalue weighted by atomic mass is 32.1. The number of aliphatic hydroxyl groups is 8. The van der Waals surface area contributed by atoms with Crippen molar-refractivity contribution in [1.82, 2.24) is 10.6 Å². The first-order chi connectivity index (χ1) is 47.4. The van der Waals surface area contributed by atoms with Crippen LogP contribution in [0.2, 0.25) is 0 Å². The topological polar surface area (TPSA) is 392 Å². The normalized spacial score (nSPS) is 40.1. The second kappa shape index (κ2) is 28.5. The van der Waals surface area contributed by atoms with E-state index in [9.17, 15) is 70.2 Å². The van der Waals surface area contributed by atoms with E-state index < -0.39 is 145 Å². The number of anilines is 1. The standard InChI is InChI=1S/C74H97N3O22S/c1-35-20-25-74(46(27-35)45-18-19-52-70(4)23-22-53(83)71(5,34-79)51(70)21-24-72(52,6)73(45,7)31-54(74)84)68(92)99-67-63(98-65-36(2)58(86)62(37(3)94-65)97-66-61(89)59(87)47(82)33-93-66)60(88)57(50(32-78)96-67)77-55(85)11-9-8-10-26-75-69(100)76-38-12-15-41(44(28-38)64(90)91)56-42-16-13-39(80)29-48(42)95-49-30-40(81)14-17-43(49)56/h12-18,28-30,34-37,46-47,50-54,57-63,65-67,78,80,82-84,86-89H,8-11,19-27,31-33H2,1-7H3,(H,77,85)(H,90,91)(H2,75,76,100)/t35-,36?,37-,46?,47-,50-,51-,52?,53?,54-,57?,58?,59?,60?,61?,62?,63?,65+,66+,67+,70?,71?,72-,73-,74?/m1/s1. The summed E-state index contributed by atoms with van der Waals surface area (Å²) in [6.45, 7) is 13.2. The smallest absolute Gasteiger partial charge is 0.336 e. The molecule has 4 saturated carbocycles. The number of fused-ring (bicyclic) bond motifs is 9. The molecule has 0 radical (unpaired) electrons. The lowest BCUT2D eigenvalue weighted by Gasteiger charge is -2.71. The first kappa shape index (κ1) is 73.7. The van der Waals surface area contributed by atoms with Gasteiger partial charge in [0.25, 0.3) is 0 Å². The van der Waals surface area contributed by atoms with Gasteiger partial charge >= 0.3 is 11.9 Å². The van der Waals surface area contributed by atoms with Crippen LogP contribution in [0.25, 0.3) is 33.4 Å². The van der Waals surface area contributed by atoms with Crippen LogP contribution in [-0.4, -0.2) is 192 Å². The molecular weight excluding hydrogens is 1310 g/mol. The number of carboxylic acid groups (broad SMARTS) is 1. The molecule has 0 aromatic heterocycles. The molecule has 13 N–H and O–H groups in total. The van der Waals surface area contributed by atoms with E-state index in [4.69, 9.17) is 45.1 Å². The zero-order chi connectivity index (χ0) is 71.9. The monoisotopic (exact) mass is 1410 g/mol. The largest absolute Gasteiger partial charge is 0.508 e. The number of rotatable bonds is 18. The molecule has 25 nitrogen and oxygen atoms in total. The van der Waals surface area contributed by atoms with Crippen molar-refractivity contribution in [3.8, 4) is 28.2 Å². The minimum atomic E-state index is -1.80. The minimum Gasteiger partial charge on any atom is -0.508 e. The molecule has 2 aromatic carbocycles. The Bertz CT molecular complexity index is 3800. The maximum Gasteiger partial charge on any atom is 0.336 e. The molecule has 14 unspecified atom stereocenters. The molecule has 6 aliphatic carbocycles. The number of aromatic carboxylic acids is 1. The Morgan fingerprint density at radius 1 is 0.780 bits per heavy atom. The number of phenols is 1. The van der Waals surface area contributed by atoms with Gasteiger partial charge in [0.2, 0.25) is 12.2 Å². The van der Waals surface area contributed by atoms with E-state index in [1.54, 1.807) is 38.1 Å². The van der Waals surface area contributed by atoms with Crippen molar-refractivity contribution in [1.29, 1.82) is 0 Å². The zero-order valence-corrected chi connectivity index (χ0v) is 58.3. The van der Waals surface area contributed by atoms with Gasteiger partial charge in [0.05, 0.1) is 54.6 Å². The summed E-state index contributed by atoms with van der Waals surface area (Å²) in [6.07, 6.45) is -10.2. The number of aromatic hydroxyl groups is 1. The number of benzene rings is 3. The molecule has 100 heavy (non-hydrogen) atoms. The average molecular weight is 1410 g/mol. The first-order valence-electron chi connectivity index (χ1n) is 35.3. The van der Waals surface area contributed by atoms with Gasteiger partial charge in [0, 0.05) is 53.2 Å². The summed E-state index contributed by atoms with van der Waals surface area (Å²) in [5.41, 5.74) is -1.08. The summed E-state index contributed by atoms with van der Waals surface area (Å²) in [4.78, 5) is 67.8. The highest BCUT2D eigenvalue weighted by molar-refractivity contribution is 7.80. The van der Waals surface area contributed by atoms with Crippen LogP contribution < -0.4 is 21.4 Å². The lowest BCUT2D eigenvalue weighted by Crippen LogP contribution is -2.69. The lowest BCUT2D eigenvalue weighted by molar-refractivity contribution is -0.362. The molecule has 1 amide bonds.